The molecule has 0 aliphatic heterocycles. The number of rotatable bonds is 25. The van der Waals surface area contributed by atoms with Crippen LogP contribution in [0.25, 0.3) is 22.3 Å². The summed E-state index contributed by atoms with van der Waals surface area (Å²) < 4.78 is 35.6. The number of ether oxygens (including phenoxy) is 7. The van der Waals surface area contributed by atoms with E-state index in [1.165, 1.54) is 27.4 Å². The zero-order valence-electron chi connectivity index (χ0n) is 51.0. The maximum Gasteiger partial charge on any atom is 0.407 e. The molecule has 0 heterocycles. The van der Waals surface area contributed by atoms with Gasteiger partial charge in [-0.1, -0.05) is 109 Å². The first-order chi connectivity index (χ1) is 40.9. The molecule has 0 saturated heterocycles. The molecule has 21 nitrogen and oxygen atoms in total. The number of nitrogens with two attached hydrogens (primary N) is 1. The summed E-state index contributed by atoms with van der Waals surface area (Å²) in [5.41, 5.74) is 13.0. The largest absolute Gasteiger partial charge is 0.468 e. The fourth-order valence-electron chi connectivity index (χ4n) is 9.40. The molecule has 0 spiro atoms. The Morgan fingerprint density at radius 2 is 0.837 bits per heavy atom. The number of fused-ring (bicyclic) bond motifs is 6. The minimum atomic E-state index is -0.987. The molecule has 21 heteroatoms. The number of carbonyl (C=O) groups is 8. The second-order valence-electron chi connectivity index (χ2n) is 22.2. The lowest BCUT2D eigenvalue weighted by molar-refractivity contribution is -0.145. The van der Waals surface area contributed by atoms with Crippen LogP contribution in [0.1, 0.15) is 130 Å². The quantitative estimate of drug-likeness (QED) is 0.0156. The van der Waals surface area contributed by atoms with Crippen LogP contribution in [0.5, 0.6) is 0 Å². The van der Waals surface area contributed by atoms with Gasteiger partial charge >= 0.3 is 42.3 Å². The first-order valence-electron chi connectivity index (χ1n) is 28.6. The van der Waals surface area contributed by atoms with E-state index in [-0.39, 0.29) is 40.7 Å². The third-order valence-electron chi connectivity index (χ3n) is 13.4. The van der Waals surface area contributed by atoms with Crippen molar-refractivity contribution in [3.8, 4) is 22.3 Å². The van der Waals surface area contributed by atoms with Crippen LogP contribution in [0, 0.1) is 0 Å². The van der Waals surface area contributed by atoms with Crippen molar-refractivity contribution in [2.24, 2.45) is 5.73 Å². The molecule has 0 fully saturated rings. The molecule has 4 aromatic carbocycles. The molecule has 0 bridgehead atoms. The van der Waals surface area contributed by atoms with Crippen LogP contribution in [0.3, 0.4) is 0 Å². The van der Waals surface area contributed by atoms with E-state index in [2.05, 4.69) is 56.6 Å². The molecule has 0 aromatic heterocycles. The predicted molar refractivity (Wildman–Crippen MR) is 330 cm³/mol. The van der Waals surface area contributed by atoms with Crippen LogP contribution >= 0.6 is 0 Å². The van der Waals surface area contributed by atoms with Gasteiger partial charge in [-0.2, -0.15) is 0 Å². The molecule has 0 unspecified atom stereocenters. The fourth-order valence-corrected chi connectivity index (χ4v) is 9.40. The van der Waals surface area contributed by atoms with Gasteiger partial charge in [0, 0.05) is 27.8 Å². The Morgan fingerprint density at radius 3 is 1.20 bits per heavy atom. The van der Waals surface area contributed by atoms with E-state index in [0.717, 1.165) is 44.5 Å². The zero-order chi connectivity index (χ0) is 63.4. The summed E-state index contributed by atoms with van der Waals surface area (Å²) >= 11 is 0. The number of carbonyl (C=O) groups excluding carboxylic acids is 8. The normalized spacial score (nSPS) is 13.3. The molecule has 470 valence electrons. The molecule has 86 heavy (non-hydrogen) atoms. The Labute approximate surface area is 507 Å². The van der Waals surface area contributed by atoms with Gasteiger partial charge in [0.25, 0.3) is 0 Å². The number of nitrogens with one attached hydrogen (secondary N) is 5. The van der Waals surface area contributed by atoms with Gasteiger partial charge in [0.05, 0.1) is 21.3 Å². The van der Waals surface area contributed by atoms with Crippen molar-refractivity contribution in [3.63, 3.8) is 0 Å². The number of hydrogen-bond donors (Lipinski definition) is 6. The van der Waals surface area contributed by atoms with Crippen LogP contribution in [-0.4, -0.2) is 131 Å². The number of benzene rings is 4. The fraction of sp³-hybridized carbons (Fsp3) is 0.446. The predicted octanol–water partition coefficient (Wildman–Crippen LogP) is 10.1. The second-order valence-corrected chi connectivity index (χ2v) is 22.2. The molecule has 4 atom stereocenters. The molecule has 6 rings (SSSR count). The van der Waals surface area contributed by atoms with Crippen LogP contribution in [0.15, 0.2) is 122 Å². The zero-order valence-corrected chi connectivity index (χ0v) is 51.0. The Bertz CT molecular complexity index is 2860. The lowest BCUT2D eigenvalue weighted by Crippen LogP contribution is -2.52. The molecule has 2 aliphatic carbocycles. The Hall–Kier alpha value is -8.72. The number of unbranched alkanes of at least 4 members (excludes halogenated alkanes) is 2. The lowest BCUT2D eigenvalue weighted by Gasteiger charge is -2.22. The monoisotopic (exact) mass is 1200 g/mol. The van der Waals surface area contributed by atoms with Gasteiger partial charge in [-0.05, 0) is 137 Å². The van der Waals surface area contributed by atoms with Gasteiger partial charge in [-0.15, -0.1) is 13.2 Å². The van der Waals surface area contributed by atoms with Gasteiger partial charge in [0.2, 0.25) is 5.91 Å². The highest BCUT2D eigenvalue weighted by atomic mass is 16.6. The highest BCUT2D eigenvalue weighted by molar-refractivity contribution is 5.90. The van der Waals surface area contributed by atoms with Gasteiger partial charge in [-0.3, -0.25) is 9.59 Å². The number of hydrogen-bond acceptors (Lipinski definition) is 16. The average Bonchev–Trinajstić information content (AvgIpc) is 1.98. The van der Waals surface area contributed by atoms with E-state index in [9.17, 15) is 38.4 Å². The van der Waals surface area contributed by atoms with Crippen molar-refractivity contribution in [3.05, 3.63) is 145 Å². The summed E-state index contributed by atoms with van der Waals surface area (Å²) in [4.78, 5) is 97.1. The molecule has 4 aromatic rings. The Morgan fingerprint density at radius 1 is 0.488 bits per heavy atom. The molecule has 2 aliphatic rings. The van der Waals surface area contributed by atoms with Gasteiger partial charge in [0.1, 0.15) is 48.6 Å². The third kappa shape index (κ3) is 22.7. The van der Waals surface area contributed by atoms with Crippen LogP contribution < -0.4 is 32.3 Å². The summed E-state index contributed by atoms with van der Waals surface area (Å²) in [6.07, 6.45) is 4.08. The van der Waals surface area contributed by atoms with E-state index < -0.39 is 83.6 Å². The summed E-state index contributed by atoms with van der Waals surface area (Å²) in [7, 11) is 3.82. The minimum absolute atomic E-state index is 0. The number of methoxy groups -OCH3 is 3. The number of esters is 3. The topological polar surface area (TPSA) is 287 Å². The first kappa shape index (κ1) is 69.8. The van der Waals surface area contributed by atoms with Gasteiger partial charge < -0.3 is 65.5 Å². The standard InChI is InChI=1S/C32H41N3O7.C27H34N2O6.C6H11NO2.2H2/c1-6-13-27(29(37)40-5)34-28(36)26(18-11-12-19-33-30(38)42-32(2,3)4)35-31(39)41-20-25-23-16-9-7-14-21(23)22-15-8-10-17-24(22)25;1-27(2,3)35-25(31)28-16-10-9-15-23(24(30)33-4)29-26(32)34-17-22-20-13-7-5-11-18(20)19-12-6-8-14-21(19)22;1-3-4-5(7)6(8)9-2;;/h6-10,14-17,25-27H,1,11-13,18-20H2,2-5H3,(H,33,38)(H,34,36)(H,35,39);5-8,11-14,22-23H,9-10,15-17H2,1-4H3,(H,28,31)(H,29,32);3,5H,1,4,7H2,2H3;2*1H/t26-,27+;23-;5-;;/m111../s1/i;;;2*1+1. The molecular formula is C65H90N6O15. The van der Waals surface area contributed by atoms with Crippen LogP contribution in [0.2, 0.25) is 0 Å². The van der Waals surface area contributed by atoms with E-state index in [1.54, 1.807) is 47.6 Å². The molecule has 7 N–H and O–H groups in total. The molecular weight excluding hydrogens is 1100 g/mol. The summed E-state index contributed by atoms with van der Waals surface area (Å²) in [5.74, 6) is -2.31. The maximum atomic E-state index is 13.2. The van der Waals surface area contributed by atoms with E-state index in [0.29, 0.717) is 51.6 Å². The van der Waals surface area contributed by atoms with Crippen molar-refractivity contribution in [1.29, 1.82) is 0 Å². The average molecular weight is 1200 g/mol. The van der Waals surface area contributed by atoms with Crippen molar-refractivity contribution in [1.82, 2.24) is 26.6 Å². The van der Waals surface area contributed by atoms with Crippen molar-refractivity contribution >= 4 is 48.2 Å². The highest BCUT2D eigenvalue weighted by Crippen LogP contribution is 2.45. The van der Waals surface area contributed by atoms with Gasteiger partial charge in [-0.25, -0.2) is 28.8 Å². The lowest BCUT2D eigenvalue weighted by atomic mass is 9.98. The van der Waals surface area contributed by atoms with Crippen molar-refractivity contribution in [2.75, 3.05) is 47.6 Å². The second kappa shape index (κ2) is 34.9. The SMILES string of the molecule is C=CC[C@@H](N)C(=O)OC.C=CC[C@H](NC(=O)[C@@H](CCCCNC(=O)OC(C)(C)C)NC(=O)OCC1c2ccccc2-c2ccccc21)C(=O)OC.COC(=O)[C@@H](CCCCNC(=O)OC(C)(C)C)NC(=O)OCC1c2ccccc2-c2ccccc21.[2HH].[2HH]. The maximum absolute atomic E-state index is 13.2. The van der Waals surface area contributed by atoms with Crippen LogP contribution in [0.4, 0.5) is 19.2 Å². The number of alkyl carbamates (subject to hydrolysis) is 4. The minimum Gasteiger partial charge on any atom is -0.468 e. The first-order valence-corrected chi connectivity index (χ1v) is 28.6. The van der Waals surface area contributed by atoms with E-state index in [4.69, 9.17) is 34.2 Å². The number of amides is 5. The highest BCUT2D eigenvalue weighted by Gasteiger charge is 2.33. The van der Waals surface area contributed by atoms with Crippen molar-refractivity contribution in [2.45, 2.75) is 140 Å². The third-order valence-corrected chi connectivity index (χ3v) is 13.4. The molecule has 5 amide bonds. The Kier molecular flexibility index (Phi) is 28.3. The Balaban J connectivity index is 0.000000521. The molecule has 0 radical (unpaired) electrons. The smallest absolute Gasteiger partial charge is 0.407 e. The van der Waals surface area contributed by atoms with E-state index >= 15 is 0 Å². The van der Waals surface area contributed by atoms with Crippen molar-refractivity contribution < 1.29 is 74.4 Å². The molecule has 0 saturated carbocycles. The van der Waals surface area contributed by atoms with Crippen LogP contribution in [-0.2, 0) is 52.3 Å². The summed E-state index contributed by atoms with van der Waals surface area (Å²) in [5, 5.41) is 13.3. The van der Waals surface area contributed by atoms with Gasteiger partial charge in [0.15, 0.2) is 0 Å². The summed E-state index contributed by atoms with van der Waals surface area (Å²) in [6, 6.07) is 28.9. The summed E-state index contributed by atoms with van der Waals surface area (Å²) in [6.45, 7) is 18.7. The van der Waals surface area contributed by atoms with E-state index in [1.807, 2.05) is 84.9 Å².